The second-order valence-electron chi connectivity index (χ2n) is 2.59. The van der Waals surface area contributed by atoms with Crippen LogP contribution in [-0.2, 0) is 9.84 Å². The van der Waals surface area contributed by atoms with Crippen molar-refractivity contribution >= 4 is 9.84 Å². The zero-order valence-corrected chi connectivity index (χ0v) is 7.61. The zero-order valence-electron chi connectivity index (χ0n) is 6.79. The van der Waals surface area contributed by atoms with Crippen molar-refractivity contribution in [1.82, 2.24) is 0 Å². The third-order valence-corrected chi connectivity index (χ3v) is 2.00. The minimum atomic E-state index is -3.45. The summed E-state index contributed by atoms with van der Waals surface area (Å²) in [6.07, 6.45) is 0.914. The van der Waals surface area contributed by atoms with Gasteiger partial charge in [-0.05, 0) is 6.07 Å². The molecule has 0 saturated heterocycles. The van der Waals surface area contributed by atoms with E-state index in [1.54, 1.807) is 0 Å². The minimum absolute atomic E-state index is 0.262. The predicted molar refractivity (Wildman–Crippen MR) is 44.6 cm³/mol. The molecule has 1 aromatic carbocycles. The van der Waals surface area contributed by atoms with Crippen LogP contribution in [0, 0.1) is 17.4 Å². The predicted octanol–water partition coefficient (Wildman–Crippen LogP) is 1.52. The van der Waals surface area contributed by atoms with Crippen molar-refractivity contribution in [2.24, 2.45) is 0 Å². The molecule has 1 radical (unpaired) electrons. The minimum Gasteiger partial charge on any atom is -0.228 e. The molecule has 0 bridgehead atoms. The van der Waals surface area contributed by atoms with Gasteiger partial charge in [0.25, 0.3) is 0 Å². The molecule has 2 nitrogen and oxygen atoms in total. The maximum atomic E-state index is 12.9. The van der Waals surface area contributed by atoms with E-state index in [0.29, 0.717) is 5.75 Å². The summed E-state index contributed by atoms with van der Waals surface area (Å²) in [6, 6.07) is 3.36. The molecule has 0 atom stereocenters. The van der Waals surface area contributed by atoms with Crippen LogP contribution in [0.15, 0.2) is 18.2 Å². The molecule has 71 valence electrons. The Bertz CT molecular complexity index is 412. The Kier molecular flexibility index (Phi) is 2.66. The van der Waals surface area contributed by atoms with Crippen LogP contribution in [0.25, 0.3) is 0 Å². The van der Waals surface area contributed by atoms with Gasteiger partial charge in [-0.15, -0.1) is 0 Å². The molecule has 0 N–H and O–H groups in total. The number of halogens is 2. The Morgan fingerprint density at radius 1 is 1.31 bits per heavy atom. The summed E-state index contributed by atoms with van der Waals surface area (Å²) in [6.45, 7) is 0. The fourth-order valence-electron chi connectivity index (χ4n) is 0.842. The summed E-state index contributed by atoms with van der Waals surface area (Å²) in [5.41, 5.74) is -0.262. The van der Waals surface area contributed by atoms with Gasteiger partial charge in [-0.2, -0.15) is 0 Å². The quantitative estimate of drug-likeness (QED) is 0.733. The van der Waals surface area contributed by atoms with Gasteiger partial charge in [0.2, 0.25) is 0 Å². The summed E-state index contributed by atoms with van der Waals surface area (Å²) >= 11 is 0. The van der Waals surface area contributed by atoms with Gasteiger partial charge in [-0.3, -0.25) is 0 Å². The molecule has 0 aliphatic heterocycles. The number of hydrogen-bond acceptors (Lipinski definition) is 2. The van der Waals surface area contributed by atoms with Crippen molar-refractivity contribution in [1.29, 1.82) is 0 Å². The van der Waals surface area contributed by atoms with E-state index in [1.165, 1.54) is 12.1 Å². The van der Waals surface area contributed by atoms with E-state index in [1.807, 2.05) is 0 Å². The zero-order chi connectivity index (χ0) is 10.1. The first-order chi connectivity index (χ1) is 5.90. The van der Waals surface area contributed by atoms with Gasteiger partial charge in [0.15, 0.2) is 21.5 Å². The van der Waals surface area contributed by atoms with Gasteiger partial charge in [-0.25, -0.2) is 17.2 Å². The molecule has 0 saturated carbocycles. The first kappa shape index (κ1) is 10.1. The van der Waals surface area contributed by atoms with Crippen molar-refractivity contribution < 1.29 is 17.2 Å². The molecule has 5 heteroatoms. The fraction of sp³-hybridized carbons (Fsp3) is 0.125. The third kappa shape index (κ3) is 2.77. The maximum absolute atomic E-state index is 12.9. The highest BCUT2D eigenvalue weighted by Gasteiger charge is 2.12. The monoisotopic (exact) mass is 205 g/mol. The highest BCUT2D eigenvalue weighted by Crippen LogP contribution is 2.15. The van der Waals surface area contributed by atoms with E-state index in [4.69, 9.17) is 0 Å². The number of sulfone groups is 1. The maximum Gasteiger partial charge on any atom is 0.163 e. The summed E-state index contributed by atoms with van der Waals surface area (Å²) in [5, 5.41) is 0. The molecular weight excluding hydrogens is 198 g/mol. The fourth-order valence-corrected chi connectivity index (χ4v) is 1.49. The Labute approximate surface area is 75.1 Å². The lowest BCUT2D eigenvalue weighted by molar-refractivity contribution is 0.505. The van der Waals surface area contributed by atoms with Gasteiger partial charge in [0.05, 0.1) is 0 Å². The van der Waals surface area contributed by atoms with E-state index in [-0.39, 0.29) is 5.56 Å². The molecule has 0 amide bonds. The van der Waals surface area contributed by atoms with Crippen molar-refractivity contribution in [2.75, 3.05) is 6.26 Å². The van der Waals surface area contributed by atoms with Crippen LogP contribution in [0.1, 0.15) is 5.56 Å². The molecule has 0 heterocycles. The number of hydrogen-bond donors (Lipinski definition) is 0. The van der Waals surface area contributed by atoms with Gasteiger partial charge >= 0.3 is 0 Å². The second kappa shape index (κ2) is 3.41. The largest absolute Gasteiger partial charge is 0.228 e. The van der Waals surface area contributed by atoms with E-state index >= 15 is 0 Å². The van der Waals surface area contributed by atoms with Crippen LogP contribution in [0.3, 0.4) is 0 Å². The smallest absolute Gasteiger partial charge is 0.163 e. The van der Waals surface area contributed by atoms with Crippen LogP contribution in [-0.4, -0.2) is 14.7 Å². The van der Waals surface area contributed by atoms with Crippen molar-refractivity contribution in [2.45, 2.75) is 0 Å². The van der Waals surface area contributed by atoms with E-state index in [0.717, 1.165) is 12.3 Å². The van der Waals surface area contributed by atoms with Crippen molar-refractivity contribution in [3.63, 3.8) is 0 Å². The summed E-state index contributed by atoms with van der Waals surface area (Å²) in [4.78, 5) is 0. The molecule has 0 aliphatic rings. The SMILES string of the molecule is CS(=O)(=O)[CH]c1cccc(F)c1F. The van der Waals surface area contributed by atoms with Crippen molar-refractivity contribution in [3.05, 3.63) is 41.1 Å². The molecule has 13 heavy (non-hydrogen) atoms. The van der Waals surface area contributed by atoms with Crippen LogP contribution in [0.4, 0.5) is 8.78 Å². The highest BCUT2D eigenvalue weighted by molar-refractivity contribution is 7.92. The van der Waals surface area contributed by atoms with Crippen LogP contribution < -0.4 is 0 Å². The Hall–Kier alpha value is -0.970. The topological polar surface area (TPSA) is 34.1 Å². The molecule has 0 aliphatic carbocycles. The summed E-state index contributed by atoms with van der Waals surface area (Å²) in [5.74, 6) is -1.52. The Balaban J connectivity index is 3.10. The lowest BCUT2D eigenvalue weighted by atomic mass is 10.2. The van der Waals surface area contributed by atoms with Gasteiger partial charge in [-0.1, -0.05) is 12.1 Å². The average molecular weight is 205 g/mol. The summed E-state index contributed by atoms with van der Waals surface area (Å²) < 4.78 is 46.9. The van der Waals surface area contributed by atoms with Gasteiger partial charge < -0.3 is 0 Å². The molecule has 0 unspecified atom stereocenters. The van der Waals surface area contributed by atoms with Gasteiger partial charge in [0, 0.05) is 11.8 Å². The molecule has 1 aromatic rings. The Morgan fingerprint density at radius 3 is 2.46 bits per heavy atom. The Morgan fingerprint density at radius 2 is 1.92 bits per heavy atom. The third-order valence-electron chi connectivity index (χ3n) is 1.32. The highest BCUT2D eigenvalue weighted by atomic mass is 32.2. The molecule has 0 fully saturated rings. The standard InChI is InChI=1S/C8H7F2O2S/c1-13(11,12)5-6-3-2-4-7(9)8(6)10/h2-5H,1H3. The number of benzene rings is 1. The van der Waals surface area contributed by atoms with E-state index < -0.39 is 21.5 Å². The average Bonchev–Trinajstić information content (AvgIpc) is 1.96. The molecular formula is C8H7F2O2S. The first-order valence-electron chi connectivity index (χ1n) is 3.39. The first-order valence-corrected chi connectivity index (χ1v) is 5.34. The lowest BCUT2D eigenvalue weighted by Gasteiger charge is -2.00. The molecule has 0 aromatic heterocycles. The van der Waals surface area contributed by atoms with Gasteiger partial charge in [0.1, 0.15) is 5.75 Å². The normalized spacial score (nSPS) is 11.6. The summed E-state index contributed by atoms with van der Waals surface area (Å²) in [7, 11) is -3.45. The van der Waals surface area contributed by atoms with Crippen LogP contribution in [0.5, 0.6) is 0 Å². The second-order valence-corrected chi connectivity index (χ2v) is 4.49. The van der Waals surface area contributed by atoms with E-state index in [2.05, 4.69) is 0 Å². The number of rotatable bonds is 2. The molecule has 1 rings (SSSR count). The van der Waals surface area contributed by atoms with Crippen molar-refractivity contribution in [3.8, 4) is 0 Å². The van der Waals surface area contributed by atoms with E-state index in [9.17, 15) is 17.2 Å². The van der Waals surface area contributed by atoms with Crippen LogP contribution >= 0.6 is 0 Å². The lowest BCUT2D eigenvalue weighted by Crippen LogP contribution is -2.01. The van der Waals surface area contributed by atoms with Crippen LogP contribution in [0.2, 0.25) is 0 Å². The molecule has 0 spiro atoms.